The number of benzene rings is 2. The molecule has 0 radical (unpaired) electrons. The zero-order valence-corrected chi connectivity index (χ0v) is 43.7. The Kier molecular flexibility index (Phi) is 17.8. The van der Waals surface area contributed by atoms with Crippen LogP contribution in [-0.2, 0) is 38.5 Å². The van der Waals surface area contributed by atoms with Crippen LogP contribution in [0.4, 0.5) is 11.4 Å². The summed E-state index contributed by atoms with van der Waals surface area (Å²) in [6.07, 6.45) is 8.58. The van der Waals surface area contributed by atoms with Gasteiger partial charge in [0.05, 0.1) is 18.8 Å². The van der Waals surface area contributed by atoms with Crippen LogP contribution < -0.4 is 56.6 Å². The SMILES string of the molecule is CCN1c2cc3c(cc2C(C)CC1(C)C)N=c1cc2c(cc1O3)=[N+](CCCC(=O)NCCNC(=O)CCC/C=C\C[C@H]1C[C@H](n3cc(C)c(=O)[nH]c3=O)O[C@@H]1COP(=O)(O)O[P+]([O-])(O)O[P+]([O-])(O)O)CCC2. The highest BCUT2D eigenvalue weighted by atomic mass is 31.3. The van der Waals surface area contributed by atoms with Crippen molar-refractivity contribution >= 4 is 47.4 Å². The lowest BCUT2D eigenvalue weighted by Gasteiger charge is -2.47. The van der Waals surface area contributed by atoms with E-state index in [1.165, 1.54) is 29.9 Å². The molecule has 26 heteroatoms. The summed E-state index contributed by atoms with van der Waals surface area (Å²) in [5.41, 5.74) is 3.48. The smallest absolute Gasteiger partial charge is 0.511 e. The number of carbonyl (C=O) groups excluding carboxylic acids is 2. The quantitative estimate of drug-likeness (QED) is 0.0257. The Labute approximate surface area is 417 Å². The predicted molar refractivity (Wildman–Crippen MR) is 262 cm³/mol. The van der Waals surface area contributed by atoms with Gasteiger partial charge in [0.1, 0.15) is 30.4 Å². The van der Waals surface area contributed by atoms with Crippen LogP contribution in [0.1, 0.15) is 114 Å². The number of aromatic amines is 1. The summed E-state index contributed by atoms with van der Waals surface area (Å²) in [7, 11) is -16.8. The van der Waals surface area contributed by atoms with Crippen LogP contribution in [0.25, 0.3) is 0 Å². The monoisotopic (exact) mass is 1060 g/mol. The van der Waals surface area contributed by atoms with Crippen LogP contribution >= 0.6 is 24.2 Å². The predicted octanol–water partition coefficient (Wildman–Crippen LogP) is 2.39. The van der Waals surface area contributed by atoms with Crippen molar-refractivity contribution in [2.24, 2.45) is 10.9 Å². The number of nitrogens with one attached hydrogen (secondary N) is 3. The lowest BCUT2D eigenvalue weighted by Crippen LogP contribution is -2.48. The zero-order valence-electron chi connectivity index (χ0n) is 41.0. The molecule has 7 N–H and O–H groups in total. The van der Waals surface area contributed by atoms with Crippen molar-refractivity contribution in [3.8, 4) is 11.5 Å². The van der Waals surface area contributed by atoms with Gasteiger partial charge in [0.25, 0.3) is 5.56 Å². The van der Waals surface area contributed by atoms with Gasteiger partial charge in [-0.15, -0.1) is 0 Å². The van der Waals surface area contributed by atoms with Crippen LogP contribution in [0.15, 0.2) is 57.2 Å². The lowest BCUT2D eigenvalue weighted by atomic mass is 9.80. The van der Waals surface area contributed by atoms with E-state index < -0.39 is 60.3 Å². The van der Waals surface area contributed by atoms with Crippen molar-refractivity contribution in [2.45, 2.75) is 123 Å². The Balaban J connectivity index is 0.832. The number of ether oxygens (including phenoxy) is 2. The summed E-state index contributed by atoms with van der Waals surface area (Å²) < 4.78 is 40.7. The second kappa shape index (κ2) is 23.1. The summed E-state index contributed by atoms with van der Waals surface area (Å²) in [4.78, 5) is 119. The first-order valence-electron chi connectivity index (χ1n) is 24.1. The zero-order chi connectivity index (χ0) is 52.2. The number of H-pyrrole nitrogens is 1. The maximum absolute atomic E-state index is 12.8. The third kappa shape index (κ3) is 14.3. The molecular weight excluding hydrogens is 999 g/mol. The van der Waals surface area contributed by atoms with E-state index in [9.17, 15) is 43.3 Å². The van der Waals surface area contributed by atoms with Crippen molar-refractivity contribution in [3.05, 3.63) is 90.9 Å². The molecule has 2 amide bonds. The fraction of sp³-hybridized carbons (Fsp3) is 0.565. The van der Waals surface area contributed by atoms with E-state index in [1.807, 2.05) is 6.08 Å². The number of carbonyl (C=O) groups is 2. The van der Waals surface area contributed by atoms with Crippen LogP contribution in [0.5, 0.6) is 11.5 Å². The molecule has 4 aliphatic heterocycles. The van der Waals surface area contributed by atoms with Gasteiger partial charge in [-0.3, -0.25) is 28.5 Å². The Hall–Kier alpha value is -4.31. The fourth-order valence-electron chi connectivity index (χ4n) is 10.0. The maximum Gasteiger partial charge on any atom is 0.511 e. The number of hydrogen-bond donors (Lipinski definition) is 7. The number of aromatic nitrogens is 2. The fourth-order valence-corrected chi connectivity index (χ4v) is 13.1. The van der Waals surface area contributed by atoms with Gasteiger partial charge in [-0.1, -0.05) is 23.4 Å². The Morgan fingerprint density at radius 2 is 1.79 bits per heavy atom. The number of anilines is 1. The van der Waals surface area contributed by atoms with Crippen LogP contribution in [-0.4, -0.2) is 91.9 Å². The number of aryl methyl sites for hydroxylation is 2. The van der Waals surface area contributed by atoms with Crippen LogP contribution in [0.3, 0.4) is 0 Å². The highest BCUT2D eigenvalue weighted by Crippen LogP contribution is 2.70. The molecular formula is C46H65N7O16P3+. The number of rotatable bonds is 22. The van der Waals surface area contributed by atoms with E-state index in [4.69, 9.17) is 28.8 Å². The molecule has 3 unspecified atom stereocenters. The van der Waals surface area contributed by atoms with Crippen molar-refractivity contribution in [1.29, 1.82) is 0 Å². The molecule has 0 saturated carbocycles. The summed E-state index contributed by atoms with van der Waals surface area (Å²) >= 11 is 0. The van der Waals surface area contributed by atoms with Crippen molar-refractivity contribution < 1.29 is 66.1 Å². The van der Waals surface area contributed by atoms with E-state index in [0.717, 1.165) is 64.8 Å². The standard InChI is InChI=1S/C46H64N7O16P3/c1-6-53-37-25-39-35(23-33(37)29(2)26-46(53,4)5)49-34-21-31-14-11-19-51(36(31)24-38(34)66-39)20-12-16-42(55)48-18-17-47-41(54)15-10-8-7-9-13-32-22-43(52-27-30(3)44(56)50-45(52)57)67-40(32)28-65-71(61,62)69-72(63,64)68-70(58,59)60/h7,9,21,23-25,27,29,32,40,43H,6,8,10-20,22,26,28H2,1-5H3,(H6-,47,48,50,54,55,56,57,58,59,60,61,62,63,64)/p+1/b9-7-/t29?,32-,40+,43+/m0/s1. The van der Waals surface area contributed by atoms with Crippen LogP contribution in [0.2, 0.25) is 0 Å². The summed E-state index contributed by atoms with van der Waals surface area (Å²) in [5.74, 6) is 1.13. The Bertz CT molecular complexity index is 2830. The van der Waals surface area contributed by atoms with Gasteiger partial charge in [0, 0.05) is 84.2 Å². The Morgan fingerprint density at radius 3 is 2.50 bits per heavy atom. The molecule has 7 rings (SSSR count). The number of phosphoric acid groups is 3. The molecule has 1 fully saturated rings. The molecule has 394 valence electrons. The van der Waals surface area contributed by atoms with Crippen molar-refractivity contribution in [2.75, 3.05) is 44.2 Å². The second-order valence-corrected chi connectivity index (χ2v) is 23.6. The molecule has 1 aromatic heterocycles. The Morgan fingerprint density at radius 1 is 1.07 bits per heavy atom. The molecule has 5 heterocycles. The van der Waals surface area contributed by atoms with E-state index in [0.29, 0.717) is 38.1 Å². The van der Waals surface area contributed by atoms with Crippen molar-refractivity contribution in [3.63, 3.8) is 0 Å². The molecule has 4 aliphatic rings. The molecule has 0 bridgehead atoms. The lowest BCUT2D eigenvalue weighted by molar-refractivity contribution is -0.256. The van der Waals surface area contributed by atoms with Gasteiger partial charge in [-0.25, -0.2) is 18.9 Å². The first-order chi connectivity index (χ1) is 33.9. The molecule has 3 aromatic rings. The number of allylic oxidation sites excluding steroid dienone is 2. The molecule has 1 saturated heterocycles. The molecule has 0 aliphatic carbocycles. The minimum absolute atomic E-state index is 0.0363. The normalized spacial score (nSPS) is 21.9. The largest absolute Gasteiger partial charge is 0.603 e. The van der Waals surface area contributed by atoms with Gasteiger partial charge >= 0.3 is 29.9 Å². The number of phosphoric ester groups is 1. The highest BCUT2D eigenvalue weighted by Gasteiger charge is 2.50. The minimum Gasteiger partial charge on any atom is -0.603 e. The first-order valence-corrected chi connectivity index (χ1v) is 28.6. The first kappa shape index (κ1) is 55.4. The van der Waals surface area contributed by atoms with E-state index in [-0.39, 0.29) is 55.3 Å². The van der Waals surface area contributed by atoms with Gasteiger partial charge in [0.15, 0.2) is 11.5 Å². The van der Waals surface area contributed by atoms with E-state index >= 15 is 0 Å². The minimum atomic E-state index is -5.75. The molecule has 6 atom stereocenters. The number of fused-ring (bicyclic) bond motifs is 4. The van der Waals surface area contributed by atoms with Gasteiger partial charge < -0.3 is 39.7 Å². The van der Waals surface area contributed by atoms with Gasteiger partial charge in [-0.2, -0.15) is 14.7 Å². The summed E-state index contributed by atoms with van der Waals surface area (Å²) in [6, 6.07) is 8.60. The number of amides is 2. The number of nitrogens with zero attached hydrogens (tertiary/aromatic N) is 4. The molecule has 2 aromatic carbocycles. The van der Waals surface area contributed by atoms with Gasteiger partial charge in [0.2, 0.25) is 17.2 Å². The average Bonchev–Trinajstić information content (AvgIpc) is 3.69. The molecule has 23 nitrogen and oxygen atoms in total. The van der Waals surface area contributed by atoms with Crippen molar-refractivity contribution in [1.82, 2.24) is 24.8 Å². The summed E-state index contributed by atoms with van der Waals surface area (Å²) in [5, 5.41) is 7.65. The van der Waals surface area contributed by atoms with Crippen LogP contribution in [0, 0.1) is 12.8 Å². The third-order valence-electron chi connectivity index (χ3n) is 13.2. The third-order valence-corrected chi connectivity index (χ3v) is 17.0. The maximum atomic E-state index is 12.8. The van der Waals surface area contributed by atoms with Gasteiger partial charge in [-0.05, 0) is 95.8 Å². The molecule has 0 spiro atoms. The average molecular weight is 1060 g/mol. The summed E-state index contributed by atoms with van der Waals surface area (Å²) in [6.45, 7) is 12.8. The highest BCUT2D eigenvalue weighted by molar-refractivity contribution is 7.70. The topological polar surface area (TPSA) is 322 Å². The van der Waals surface area contributed by atoms with E-state index in [2.05, 4.69) is 85.7 Å². The second-order valence-electron chi connectivity index (χ2n) is 19.2. The van der Waals surface area contributed by atoms with E-state index in [1.54, 1.807) is 6.08 Å². The number of hydrogen-bond acceptors (Lipinski definition) is 17. The molecule has 72 heavy (non-hydrogen) atoms. The number of unbranched alkanes of at least 4 members (excludes halogenated alkanes) is 1.